The highest BCUT2D eigenvalue weighted by atomic mass is 32.2. The smallest absolute Gasteiger partial charge is 0.197 e. The van der Waals surface area contributed by atoms with Crippen LogP contribution < -0.4 is 5.32 Å². The highest BCUT2D eigenvalue weighted by molar-refractivity contribution is 7.90. The number of aromatic nitrogens is 2. The van der Waals surface area contributed by atoms with E-state index in [9.17, 15) is 13.2 Å². The lowest BCUT2D eigenvalue weighted by molar-refractivity contribution is 0.103. The van der Waals surface area contributed by atoms with Gasteiger partial charge in [0.2, 0.25) is 0 Å². The van der Waals surface area contributed by atoms with Crippen molar-refractivity contribution in [2.75, 3.05) is 18.1 Å². The molecule has 1 aromatic heterocycles. The van der Waals surface area contributed by atoms with Crippen molar-refractivity contribution in [3.63, 3.8) is 0 Å². The molecule has 0 radical (unpaired) electrons. The second-order valence-corrected chi connectivity index (χ2v) is 9.37. The third-order valence-corrected chi connectivity index (χ3v) is 6.31. The number of nitrogens with zero attached hydrogens (tertiary/aromatic N) is 2. The number of carbonyl (C=O) groups excluding carboxylic acids is 1. The van der Waals surface area contributed by atoms with E-state index in [4.69, 9.17) is 0 Å². The molecule has 1 aromatic carbocycles. The molecule has 1 N–H and O–H groups in total. The molecule has 1 fully saturated rings. The van der Waals surface area contributed by atoms with E-state index in [1.165, 1.54) is 12.3 Å². The summed E-state index contributed by atoms with van der Waals surface area (Å²) in [5, 5.41) is 7.76. The van der Waals surface area contributed by atoms with Gasteiger partial charge in [0.25, 0.3) is 0 Å². The van der Waals surface area contributed by atoms with Crippen molar-refractivity contribution in [2.45, 2.75) is 50.8 Å². The van der Waals surface area contributed by atoms with Crippen molar-refractivity contribution >= 4 is 21.3 Å². The SMILES string of the molecule is CCCNc1c(S(C)(=O)=O)ccc(C(=O)c2c(C3CC3)nn(C)c2C)c1C. The first kappa shape index (κ1) is 19.6. The van der Waals surface area contributed by atoms with Crippen LogP contribution in [0.5, 0.6) is 0 Å². The molecule has 7 heteroatoms. The van der Waals surface area contributed by atoms with Gasteiger partial charge in [-0.1, -0.05) is 6.92 Å². The lowest BCUT2D eigenvalue weighted by Crippen LogP contribution is -2.13. The molecule has 1 aliphatic rings. The van der Waals surface area contributed by atoms with Gasteiger partial charge in [-0.25, -0.2) is 8.42 Å². The molecule has 1 aliphatic carbocycles. The number of hydrogen-bond donors (Lipinski definition) is 1. The first-order valence-electron chi connectivity index (χ1n) is 9.32. The molecule has 27 heavy (non-hydrogen) atoms. The van der Waals surface area contributed by atoms with Gasteiger partial charge in [0.15, 0.2) is 15.6 Å². The van der Waals surface area contributed by atoms with Crippen molar-refractivity contribution in [1.82, 2.24) is 9.78 Å². The molecular formula is C20H27N3O3S. The maximum atomic E-state index is 13.4. The predicted octanol–water partition coefficient (Wildman–Crippen LogP) is 3.37. The molecule has 1 saturated carbocycles. The number of sulfone groups is 1. The largest absolute Gasteiger partial charge is 0.384 e. The number of ketones is 1. The van der Waals surface area contributed by atoms with Crippen LogP contribution in [-0.2, 0) is 16.9 Å². The Bertz CT molecular complexity index is 1000. The average Bonchev–Trinajstić information content (AvgIpc) is 3.39. The minimum absolute atomic E-state index is 0.0837. The quantitative estimate of drug-likeness (QED) is 0.734. The van der Waals surface area contributed by atoms with Crippen molar-refractivity contribution in [3.8, 4) is 0 Å². The van der Waals surface area contributed by atoms with Crippen molar-refractivity contribution in [3.05, 3.63) is 40.2 Å². The molecule has 0 aliphatic heterocycles. The summed E-state index contributed by atoms with van der Waals surface area (Å²) in [5.41, 5.74) is 4.10. The number of anilines is 1. The van der Waals surface area contributed by atoms with Crippen LogP contribution in [0, 0.1) is 13.8 Å². The average molecular weight is 390 g/mol. The van der Waals surface area contributed by atoms with E-state index in [2.05, 4.69) is 10.4 Å². The van der Waals surface area contributed by atoms with Gasteiger partial charge in [-0.3, -0.25) is 9.48 Å². The van der Waals surface area contributed by atoms with E-state index in [-0.39, 0.29) is 10.7 Å². The number of nitrogens with one attached hydrogen (secondary N) is 1. The minimum Gasteiger partial charge on any atom is -0.384 e. The lowest BCUT2D eigenvalue weighted by Gasteiger charge is -2.16. The summed E-state index contributed by atoms with van der Waals surface area (Å²) >= 11 is 0. The van der Waals surface area contributed by atoms with E-state index >= 15 is 0 Å². The monoisotopic (exact) mass is 389 g/mol. The first-order valence-corrected chi connectivity index (χ1v) is 11.2. The third-order valence-electron chi connectivity index (χ3n) is 5.17. The fourth-order valence-corrected chi connectivity index (χ4v) is 4.31. The zero-order valence-corrected chi connectivity index (χ0v) is 17.4. The molecule has 0 amide bonds. The zero-order chi connectivity index (χ0) is 19.9. The molecule has 2 aromatic rings. The number of carbonyl (C=O) groups is 1. The van der Waals surface area contributed by atoms with E-state index in [0.29, 0.717) is 34.8 Å². The van der Waals surface area contributed by atoms with Crippen LogP contribution in [0.15, 0.2) is 17.0 Å². The van der Waals surface area contributed by atoms with Gasteiger partial charge in [0.05, 0.1) is 21.8 Å². The van der Waals surface area contributed by atoms with Crippen molar-refractivity contribution < 1.29 is 13.2 Å². The summed E-state index contributed by atoms with van der Waals surface area (Å²) in [5.74, 6) is 0.275. The van der Waals surface area contributed by atoms with Gasteiger partial charge in [-0.05, 0) is 50.8 Å². The Hall–Kier alpha value is -2.15. The fraction of sp³-hybridized carbons (Fsp3) is 0.500. The Morgan fingerprint density at radius 3 is 2.52 bits per heavy atom. The highest BCUT2D eigenvalue weighted by Gasteiger charge is 2.34. The summed E-state index contributed by atoms with van der Waals surface area (Å²) in [6.45, 7) is 6.36. The molecule has 3 rings (SSSR count). The fourth-order valence-electron chi connectivity index (χ4n) is 3.40. The summed E-state index contributed by atoms with van der Waals surface area (Å²) < 4.78 is 26.1. The lowest BCUT2D eigenvalue weighted by atomic mass is 9.95. The molecule has 0 atom stereocenters. The van der Waals surface area contributed by atoms with Crippen LogP contribution in [0.4, 0.5) is 5.69 Å². The van der Waals surface area contributed by atoms with E-state index in [1.54, 1.807) is 10.7 Å². The second-order valence-electron chi connectivity index (χ2n) is 7.38. The maximum Gasteiger partial charge on any atom is 0.197 e. The van der Waals surface area contributed by atoms with Crippen LogP contribution in [0.2, 0.25) is 0 Å². The predicted molar refractivity (Wildman–Crippen MR) is 106 cm³/mol. The summed E-state index contributed by atoms with van der Waals surface area (Å²) in [6, 6.07) is 3.17. The van der Waals surface area contributed by atoms with E-state index in [0.717, 1.165) is 30.7 Å². The van der Waals surface area contributed by atoms with Gasteiger partial charge in [0, 0.05) is 37.0 Å². The van der Waals surface area contributed by atoms with Crippen LogP contribution in [0.3, 0.4) is 0 Å². The maximum absolute atomic E-state index is 13.4. The molecule has 0 bridgehead atoms. The van der Waals surface area contributed by atoms with E-state index in [1.807, 2.05) is 27.8 Å². The minimum atomic E-state index is -3.40. The number of benzene rings is 1. The van der Waals surface area contributed by atoms with Crippen molar-refractivity contribution in [1.29, 1.82) is 0 Å². The third kappa shape index (κ3) is 3.65. The van der Waals surface area contributed by atoms with Crippen LogP contribution in [-0.4, -0.2) is 36.8 Å². The molecule has 0 spiro atoms. The van der Waals surface area contributed by atoms with Crippen molar-refractivity contribution in [2.24, 2.45) is 7.05 Å². The molecule has 146 valence electrons. The van der Waals surface area contributed by atoms with Gasteiger partial charge in [-0.15, -0.1) is 0 Å². The number of hydrogen-bond acceptors (Lipinski definition) is 5. The summed E-state index contributed by atoms with van der Waals surface area (Å²) in [6.07, 6.45) is 4.17. The molecular weight excluding hydrogens is 362 g/mol. The molecule has 0 saturated heterocycles. The Morgan fingerprint density at radius 1 is 1.30 bits per heavy atom. The Labute approximate surface area is 160 Å². The molecule has 6 nitrogen and oxygen atoms in total. The molecule has 0 unspecified atom stereocenters. The summed E-state index contributed by atoms with van der Waals surface area (Å²) in [7, 11) is -1.55. The number of aryl methyl sites for hydroxylation is 1. The standard InChI is InChI=1S/C20H27N3O3S/c1-6-11-21-18-12(2)15(9-10-16(18)27(5,25)26)20(24)17-13(3)23(4)22-19(17)14-7-8-14/h9-10,14,21H,6-8,11H2,1-5H3. The number of rotatable bonds is 7. The van der Waals surface area contributed by atoms with Crippen LogP contribution in [0.1, 0.15) is 65.0 Å². The molecule has 1 heterocycles. The zero-order valence-electron chi connectivity index (χ0n) is 16.6. The topological polar surface area (TPSA) is 81.1 Å². The summed E-state index contributed by atoms with van der Waals surface area (Å²) in [4.78, 5) is 13.6. The van der Waals surface area contributed by atoms with Crippen LogP contribution >= 0.6 is 0 Å². The van der Waals surface area contributed by atoms with E-state index < -0.39 is 9.84 Å². The highest BCUT2D eigenvalue weighted by Crippen LogP contribution is 2.42. The first-order chi connectivity index (χ1) is 12.7. The Balaban J connectivity index is 2.14. The van der Waals surface area contributed by atoms with Gasteiger partial charge < -0.3 is 5.32 Å². The van der Waals surface area contributed by atoms with Gasteiger partial charge in [0.1, 0.15) is 0 Å². The Morgan fingerprint density at radius 2 is 1.96 bits per heavy atom. The van der Waals surface area contributed by atoms with Gasteiger partial charge >= 0.3 is 0 Å². The second kappa shape index (κ2) is 7.11. The van der Waals surface area contributed by atoms with Gasteiger partial charge in [-0.2, -0.15) is 5.10 Å². The Kier molecular flexibility index (Phi) is 5.16. The van der Waals surface area contributed by atoms with Crippen LogP contribution in [0.25, 0.3) is 0 Å². The normalized spacial score (nSPS) is 14.4.